The van der Waals surface area contributed by atoms with Crippen molar-refractivity contribution < 1.29 is 22.7 Å². The number of rotatable bonds is 9. The molecule has 0 saturated carbocycles. The van der Waals surface area contributed by atoms with E-state index in [9.17, 15) is 13.2 Å². The molecule has 1 atom stereocenters. The molecule has 1 aliphatic heterocycles. The first-order valence-corrected chi connectivity index (χ1v) is 12.3. The van der Waals surface area contributed by atoms with E-state index in [0.717, 1.165) is 18.4 Å². The standard InChI is InChI=1S/C25H26N2O5S/c28-25(27-21-11-13-22(14-12-21)32-18-19-6-2-1-3-7-19)20-8-4-10-24(16-20)33(29,30)26-17-23-9-5-15-31-23/h1-4,6-8,10-14,16,23,26H,5,9,15,17-18H2,(H,27,28)/t23-/m1/s1. The molecule has 0 aromatic heterocycles. The Bertz CT molecular complexity index is 1170. The van der Waals surface area contributed by atoms with Crippen molar-refractivity contribution in [3.05, 3.63) is 90.0 Å². The fraction of sp³-hybridized carbons (Fsp3) is 0.240. The number of ether oxygens (including phenoxy) is 2. The summed E-state index contributed by atoms with van der Waals surface area (Å²) >= 11 is 0. The number of carbonyl (C=O) groups excluding carboxylic acids is 1. The zero-order chi connectivity index (χ0) is 23.1. The summed E-state index contributed by atoms with van der Waals surface area (Å²) in [6.07, 6.45) is 1.66. The summed E-state index contributed by atoms with van der Waals surface area (Å²) in [5.74, 6) is 0.284. The van der Waals surface area contributed by atoms with E-state index in [2.05, 4.69) is 10.0 Å². The first-order valence-electron chi connectivity index (χ1n) is 10.8. The fourth-order valence-electron chi connectivity index (χ4n) is 3.47. The molecule has 1 amide bonds. The SMILES string of the molecule is O=C(Nc1ccc(OCc2ccccc2)cc1)c1cccc(S(=O)(=O)NC[C@H]2CCCO2)c1. The molecule has 2 N–H and O–H groups in total. The Labute approximate surface area is 193 Å². The molecule has 7 nitrogen and oxygen atoms in total. The van der Waals surface area contributed by atoms with Crippen LogP contribution >= 0.6 is 0 Å². The molecular weight excluding hydrogens is 440 g/mol. The van der Waals surface area contributed by atoms with Gasteiger partial charge in [-0.1, -0.05) is 36.4 Å². The second-order valence-corrected chi connectivity index (χ2v) is 9.53. The quantitative estimate of drug-likeness (QED) is 0.498. The highest BCUT2D eigenvalue weighted by Gasteiger charge is 2.21. The number of benzene rings is 3. The molecule has 1 fully saturated rings. The van der Waals surface area contributed by atoms with Crippen molar-refractivity contribution in [1.29, 1.82) is 0 Å². The van der Waals surface area contributed by atoms with E-state index in [-0.39, 0.29) is 23.1 Å². The Kier molecular flexibility index (Phi) is 7.39. The van der Waals surface area contributed by atoms with E-state index < -0.39 is 15.9 Å². The minimum Gasteiger partial charge on any atom is -0.489 e. The van der Waals surface area contributed by atoms with Crippen LogP contribution in [0.5, 0.6) is 5.75 Å². The van der Waals surface area contributed by atoms with Crippen molar-refractivity contribution in [2.75, 3.05) is 18.5 Å². The Hall–Kier alpha value is -3.20. The predicted octanol–water partition coefficient (Wildman–Crippen LogP) is 3.98. The van der Waals surface area contributed by atoms with Crippen molar-refractivity contribution in [3.8, 4) is 5.75 Å². The molecule has 3 aromatic rings. The lowest BCUT2D eigenvalue weighted by atomic mass is 10.2. The summed E-state index contributed by atoms with van der Waals surface area (Å²) < 4.78 is 39.0. The van der Waals surface area contributed by atoms with Crippen LogP contribution in [0.3, 0.4) is 0 Å². The van der Waals surface area contributed by atoms with Crippen LogP contribution in [0.1, 0.15) is 28.8 Å². The van der Waals surface area contributed by atoms with Crippen LogP contribution < -0.4 is 14.8 Å². The van der Waals surface area contributed by atoms with Gasteiger partial charge in [0.2, 0.25) is 10.0 Å². The van der Waals surface area contributed by atoms with Crippen molar-refractivity contribution in [3.63, 3.8) is 0 Å². The maximum absolute atomic E-state index is 12.7. The average Bonchev–Trinajstić information content (AvgIpc) is 3.37. The lowest BCUT2D eigenvalue weighted by Crippen LogP contribution is -2.32. The summed E-state index contributed by atoms with van der Waals surface area (Å²) in [6.45, 7) is 1.33. The van der Waals surface area contributed by atoms with E-state index in [1.165, 1.54) is 12.1 Å². The normalized spacial score (nSPS) is 15.8. The van der Waals surface area contributed by atoms with E-state index in [0.29, 0.717) is 24.7 Å². The molecule has 3 aromatic carbocycles. The zero-order valence-electron chi connectivity index (χ0n) is 18.1. The molecular formula is C25H26N2O5S. The smallest absolute Gasteiger partial charge is 0.255 e. The lowest BCUT2D eigenvalue weighted by Gasteiger charge is -2.12. The molecule has 33 heavy (non-hydrogen) atoms. The van der Waals surface area contributed by atoms with Crippen molar-refractivity contribution >= 4 is 21.6 Å². The van der Waals surface area contributed by atoms with Gasteiger partial charge in [-0.15, -0.1) is 0 Å². The minimum atomic E-state index is -3.74. The number of hydrogen-bond acceptors (Lipinski definition) is 5. The molecule has 1 heterocycles. The van der Waals surface area contributed by atoms with Gasteiger partial charge < -0.3 is 14.8 Å². The number of nitrogens with one attached hydrogen (secondary N) is 2. The molecule has 1 aliphatic rings. The molecule has 0 aliphatic carbocycles. The van der Waals surface area contributed by atoms with Gasteiger partial charge in [0.1, 0.15) is 12.4 Å². The maximum Gasteiger partial charge on any atom is 0.255 e. The number of carbonyl (C=O) groups is 1. The molecule has 172 valence electrons. The second kappa shape index (κ2) is 10.6. The van der Waals surface area contributed by atoms with Crippen molar-refractivity contribution in [1.82, 2.24) is 4.72 Å². The third-order valence-corrected chi connectivity index (χ3v) is 6.71. The maximum atomic E-state index is 12.7. The number of hydrogen-bond donors (Lipinski definition) is 2. The van der Waals surface area contributed by atoms with Crippen LogP contribution in [0, 0.1) is 0 Å². The molecule has 0 bridgehead atoms. The van der Waals surface area contributed by atoms with Crippen LogP contribution in [-0.4, -0.2) is 33.6 Å². The monoisotopic (exact) mass is 466 g/mol. The Morgan fingerprint density at radius 2 is 1.79 bits per heavy atom. The van der Waals surface area contributed by atoms with E-state index in [1.807, 2.05) is 30.3 Å². The number of sulfonamides is 1. The third kappa shape index (κ3) is 6.41. The van der Waals surface area contributed by atoms with Gasteiger partial charge in [0.25, 0.3) is 5.91 Å². The average molecular weight is 467 g/mol. The van der Waals surface area contributed by atoms with Gasteiger partial charge in [-0.2, -0.15) is 0 Å². The first kappa shape index (κ1) is 23.0. The number of amides is 1. The predicted molar refractivity (Wildman–Crippen MR) is 126 cm³/mol. The van der Waals surface area contributed by atoms with E-state index in [1.54, 1.807) is 36.4 Å². The van der Waals surface area contributed by atoms with Gasteiger partial charge in [0.05, 0.1) is 11.0 Å². The summed E-state index contributed by atoms with van der Waals surface area (Å²) in [5, 5.41) is 2.78. The molecule has 0 spiro atoms. The second-order valence-electron chi connectivity index (χ2n) is 7.77. The largest absolute Gasteiger partial charge is 0.489 e. The van der Waals surface area contributed by atoms with Gasteiger partial charge in [0.15, 0.2) is 0 Å². The van der Waals surface area contributed by atoms with Crippen molar-refractivity contribution in [2.24, 2.45) is 0 Å². The molecule has 1 saturated heterocycles. The highest BCUT2D eigenvalue weighted by atomic mass is 32.2. The Morgan fingerprint density at radius 3 is 2.52 bits per heavy atom. The topological polar surface area (TPSA) is 93.7 Å². The lowest BCUT2D eigenvalue weighted by molar-refractivity contribution is 0.102. The molecule has 0 radical (unpaired) electrons. The summed E-state index contributed by atoms with van der Waals surface area (Å²) in [7, 11) is -3.74. The van der Waals surface area contributed by atoms with Crippen LogP contribution in [0.2, 0.25) is 0 Å². The fourth-order valence-corrected chi connectivity index (χ4v) is 4.59. The van der Waals surface area contributed by atoms with Crippen LogP contribution in [0.25, 0.3) is 0 Å². The van der Waals surface area contributed by atoms with Gasteiger partial charge >= 0.3 is 0 Å². The number of anilines is 1. The zero-order valence-corrected chi connectivity index (χ0v) is 18.9. The summed E-state index contributed by atoms with van der Waals surface area (Å²) in [5.41, 5.74) is 1.89. The molecule has 0 unspecified atom stereocenters. The summed E-state index contributed by atoms with van der Waals surface area (Å²) in [4.78, 5) is 12.7. The highest BCUT2D eigenvalue weighted by Crippen LogP contribution is 2.19. The van der Waals surface area contributed by atoms with Gasteiger partial charge in [-0.25, -0.2) is 13.1 Å². The third-order valence-electron chi connectivity index (χ3n) is 5.29. The van der Waals surface area contributed by atoms with Gasteiger partial charge in [0, 0.05) is 24.4 Å². The Morgan fingerprint density at radius 1 is 1.00 bits per heavy atom. The van der Waals surface area contributed by atoms with Gasteiger partial charge in [-0.05, 0) is 60.9 Å². The molecule has 4 rings (SSSR count). The minimum absolute atomic E-state index is 0.0396. The van der Waals surface area contributed by atoms with Gasteiger partial charge in [-0.3, -0.25) is 4.79 Å². The van der Waals surface area contributed by atoms with E-state index in [4.69, 9.17) is 9.47 Å². The van der Waals surface area contributed by atoms with Crippen LogP contribution in [0.15, 0.2) is 83.8 Å². The Balaban J connectivity index is 1.35. The summed E-state index contributed by atoms with van der Waals surface area (Å²) in [6, 6.07) is 22.8. The van der Waals surface area contributed by atoms with Crippen LogP contribution in [-0.2, 0) is 21.4 Å². The van der Waals surface area contributed by atoms with Crippen LogP contribution in [0.4, 0.5) is 5.69 Å². The molecule has 8 heteroatoms. The highest BCUT2D eigenvalue weighted by molar-refractivity contribution is 7.89. The first-order chi connectivity index (χ1) is 16.0. The van der Waals surface area contributed by atoms with E-state index >= 15 is 0 Å². The van der Waals surface area contributed by atoms with Crippen molar-refractivity contribution in [2.45, 2.75) is 30.4 Å².